The Labute approximate surface area is 147 Å². The van der Waals surface area contributed by atoms with Crippen LogP contribution in [0.5, 0.6) is 0 Å². The molecular formula is C17H12ClN3O2S. The van der Waals surface area contributed by atoms with Crippen molar-refractivity contribution in [1.29, 1.82) is 0 Å². The van der Waals surface area contributed by atoms with Gasteiger partial charge in [-0.3, -0.25) is 14.0 Å². The first kappa shape index (κ1) is 16.2. The molecule has 0 atom stereocenters. The third-order valence-corrected chi connectivity index (χ3v) is 4.58. The molecule has 0 radical (unpaired) electrons. The van der Waals surface area contributed by atoms with Gasteiger partial charge in [0.1, 0.15) is 5.56 Å². The van der Waals surface area contributed by atoms with Gasteiger partial charge in [-0.15, -0.1) is 17.8 Å². The zero-order valence-corrected chi connectivity index (χ0v) is 14.3. The lowest BCUT2D eigenvalue weighted by Crippen LogP contribution is -2.33. The van der Waals surface area contributed by atoms with Crippen molar-refractivity contribution >= 4 is 33.8 Å². The number of hydrogen-bond acceptors (Lipinski definition) is 4. The van der Waals surface area contributed by atoms with Crippen LogP contribution >= 0.6 is 22.9 Å². The van der Waals surface area contributed by atoms with Crippen LogP contribution in [0.1, 0.15) is 10.4 Å². The van der Waals surface area contributed by atoms with E-state index in [1.165, 1.54) is 26.8 Å². The van der Waals surface area contributed by atoms with Gasteiger partial charge in [0.05, 0.1) is 12.2 Å². The smallest absolute Gasteiger partial charge is 0.271 e. The molecule has 2 heterocycles. The largest absolute Gasteiger partial charge is 0.330 e. The molecule has 120 valence electrons. The summed E-state index contributed by atoms with van der Waals surface area (Å²) in [7, 11) is 1.55. The number of halogens is 1. The summed E-state index contributed by atoms with van der Waals surface area (Å²) in [6, 6.07) is 7.12. The fourth-order valence-corrected chi connectivity index (χ4v) is 3.26. The van der Waals surface area contributed by atoms with E-state index in [-0.39, 0.29) is 12.1 Å². The van der Waals surface area contributed by atoms with Gasteiger partial charge >= 0.3 is 0 Å². The second-order valence-corrected chi connectivity index (χ2v) is 6.36. The molecule has 3 aromatic rings. The Morgan fingerprint density at radius 3 is 2.79 bits per heavy atom. The van der Waals surface area contributed by atoms with E-state index in [4.69, 9.17) is 18.0 Å². The van der Waals surface area contributed by atoms with Crippen molar-refractivity contribution in [2.24, 2.45) is 0 Å². The van der Waals surface area contributed by atoms with Crippen LogP contribution in [0.2, 0.25) is 5.02 Å². The molecule has 0 aliphatic carbocycles. The number of benzene rings is 1. The Hall–Kier alpha value is -2.62. The van der Waals surface area contributed by atoms with E-state index < -0.39 is 11.5 Å². The number of amides is 1. The summed E-state index contributed by atoms with van der Waals surface area (Å²) >= 11 is 7.24. The number of nitrogens with zero attached hydrogens (tertiary/aromatic N) is 3. The van der Waals surface area contributed by atoms with Crippen LogP contribution in [0.4, 0.5) is 0 Å². The summed E-state index contributed by atoms with van der Waals surface area (Å²) < 4.78 is 1.44. The van der Waals surface area contributed by atoms with Gasteiger partial charge in [0.15, 0.2) is 4.96 Å². The Kier molecular flexibility index (Phi) is 4.38. The molecule has 7 heteroatoms. The lowest BCUT2D eigenvalue weighted by atomic mass is 10.2. The molecule has 0 saturated heterocycles. The summed E-state index contributed by atoms with van der Waals surface area (Å²) in [5.74, 6) is 1.93. The summed E-state index contributed by atoms with van der Waals surface area (Å²) in [6.45, 7) is 0.120. The number of aromatic nitrogens is 2. The van der Waals surface area contributed by atoms with E-state index in [1.54, 1.807) is 19.2 Å². The highest BCUT2D eigenvalue weighted by atomic mass is 35.5. The molecule has 0 aliphatic rings. The van der Waals surface area contributed by atoms with E-state index in [0.29, 0.717) is 15.7 Å². The first-order valence-electron chi connectivity index (χ1n) is 6.97. The predicted molar refractivity (Wildman–Crippen MR) is 95.6 cm³/mol. The normalized spacial score (nSPS) is 10.5. The minimum atomic E-state index is -0.451. The van der Waals surface area contributed by atoms with Crippen molar-refractivity contribution in [1.82, 2.24) is 14.3 Å². The summed E-state index contributed by atoms with van der Waals surface area (Å²) in [6.07, 6.45) is 6.52. The maximum atomic E-state index is 12.8. The van der Waals surface area contributed by atoms with Crippen molar-refractivity contribution in [2.45, 2.75) is 0 Å². The van der Waals surface area contributed by atoms with Crippen molar-refractivity contribution in [3.63, 3.8) is 0 Å². The average Bonchev–Trinajstić information content (AvgIpc) is 3.00. The Bertz CT molecular complexity index is 1010. The van der Waals surface area contributed by atoms with E-state index in [2.05, 4.69) is 10.9 Å². The number of rotatable bonds is 3. The maximum absolute atomic E-state index is 12.8. The van der Waals surface area contributed by atoms with Crippen LogP contribution in [-0.4, -0.2) is 33.8 Å². The zero-order valence-electron chi connectivity index (χ0n) is 12.7. The molecule has 24 heavy (non-hydrogen) atoms. The molecule has 0 unspecified atom stereocenters. The fraction of sp³-hybridized carbons (Fsp3) is 0.118. The highest BCUT2D eigenvalue weighted by Crippen LogP contribution is 2.25. The molecule has 0 bridgehead atoms. The standard InChI is InChI=1S/C17H12ClN3O2S/c1-3-8-20(2)15(22)13-9-19-17-21(16(13)23)14(10-24-17)11-4-6-12(18)7-5-11/h1,4-7,9-10H,8H2,2H3. The molecule has 0 N–H and O–H groups in total. The molecule has 5 nitrogen and oxygen atoms in total. The van der Waals surface area contributed by atoms with Gasteiger partial charge in [-0.05, 0) is 17.7 Å². The second kappa shape index (κ2) is 6.48. The predicted octanol–water partition coefficient (Wildman–Crippen LogP) is 2.78. The summed E-state index contributed by atoms with van der Waals surface area (Å²) in [5, 5.41) is 2.43. The van der Waals surface area contributed by atoms with Crippen LogP contribution < -0.4 is 5.56 Å². The van der Waals surface area contributed by atoms with Crippen LogP contribution in [-0.2, 0) is 0 Å². The number of carbonyl (C=O) groups excluding carboxylic acids is 1. The van der Waals surface area contributed by atoms with Gasteiger partial charge < -0.3 is 4.90 Å². The highest BCUT2D eigenvalue weighted by molar-refractivity contribution is 7.15. The Morgan fingerprint density at radius 1 is 1.42 bits per heavy atom. The van der Waals surface area contributed by atoms with Gasteiger partial charge in [-0.1, -0.05) is 29.7 Å². The molecule has 1 aromatic carbocycles. The number of thiazole rings is 1. The quantitative estimate of drug-likeness (QED) is 0.677. The minimum Gasteiger partial charge on any atom is -0.330 e. The van der Waals surface area contributed by atoms with E-state index in [0.717, 1.165) is 5.56 Å². The number of terminal acetylenes is 1. The lowest BCUT2D eigenvalue weighted by Gasteiger charge is -2.13. The molecule has 0 saturated carbocycles. The molecule has 0 spiro atoms. The van der Waals surface area contributed by atoms with Crippen molar-refractivity contribution in [3.05, 3.63) is 56.8 Å². The Balaban J connectivity index is 2.16. The fourth-order valence-electron chi connectivity index (χ4n) is 2.28. The van der Waals surface area contributed by atoms with E-state index in [1.807, 2.05) is 17.5 Å². The van der Waals surface area contributed by atoms with Gasteiger partial charge in [0.25, 0.3) is 11.5 Å². The van der Waals surface area contributed by atoms with E-state index >= 15 is 0 Å². The first-order valence-corrected chi connectivity index (χ1v) is 8.23. The maximum Gasteiger partial charge on any atom is 0.271 e. The number of hydrogen-bond donors (Lipinski definition) is 0. The van der Waals surface area contributed by atoms with Crippen LogP contribution in [0.25, 0.3) is 16.2 Å². The molecular weight excluding hydrogens is 346 g/mol. The average molecular weight is 358 g/mol. The molecule has 2 aromatic heterocycles. The van der Waals surface area contributed by atoms with Crippen molar-refractivity contribution in [2.75, 3.05) is 13.6 Å². The highest BCUT2D eigenvalue weighted by Gasteiger charge is 2.19. The summed E-state index contributed by atoms with van der Waals surface area (Å²) in [5.41, 5.74) is 1.05. The van der Waals surface area contributed by atoms with Gasteiger partial charge in [0, 0.05) is 23.6 Å². The monoisotopic (exact) mass is 357 g/mol. The van der Waals surface area contributed by atoms with Crippen molar-refractivity contribution in [3.8, 4) is 23.6 Å². The third kappa shape index (κ3) is 2.80. The van der Waals surface area contributed by atoms with Crippen molar-refractivity contribution < 1.29 is 4.79 Å². The molecule has 0 aliphatic heterocycles. The summed E-state index contributed by atoms with van der Waals surface area (Å²) in [4.78, 5) is 31.2. The van der Waals surface area contributed by atoms with Gasteiger partial charge in [-0.2, -0.15) is 0 Å². The second-order valence-electron chi connectivity index (χ2n) is 5.09. The Morgan fingerprint density at radius 2 is 2.12 bits per heavy atom. The SMILES string of the molecule is C#CCN(C)C(=O)c1cnc2scc(-c3ccc(Cl)cc3)n2c1=O. The molecule has 0 fully saturated rings. The molecule has 1 amide bonds. The topological polar surface area (TPSA) is 54.7 Å². The first-order chi connectivity index (χ1) is 11.5. The van der Waals surface area contributed by atoms with E-state index in [9.17, 15) is 9.59 Å². The zero-order chi connectivity index (χ0) is 17.3. The van der Waals surface area contributed by atoms with Crippen LogP contribution in [0, 0.1) is 12.3 Å². The van der Waals surface area contributed by atoms with Crippen LogP contribution in [0.3, 0.4) is 0 Å². The molecule has 3 rings (SSSR count). The minimum absolute atomic E-state index is 0.0149. The lowest BCUT2D eigenvalue weighted by molar-refractivity contribution is 0.0810. The van der Waals surface area contributed by atoms with Crippen LogP contribution in [0.15, 0.2) is 40.6 Å². The number of carbonyl (C=O) groups is 1. The van der Waals surface area contributed by atoms with Gasteiger partial charge in [-0.25, -0.2) is 4.98 Å². The third-order valence-electron chi connectivity index (χ3n) is 3.49. The number of fused-ring (bicyclic) bond motifs is 1. The van der Waals surface area contributed by atoms with Gasteiger partial charge in [0.2, 0.25) is 0 Å².